The highest BCUT2D eigenvalue weighted by molar-refractivity contribution is 5.94. The summed E-state index contributed by atoms with van der Waals surface area (Å²) in [6.07, 6.45) is 5.16. The van der Waals surface area contributed by atoms with Gasteiger partial charge in [0.25, 0.3) is 0 Å². The Hall–Kier alpha value is -3.28. The molecule has 1 atom stereocenters. The lowest BCUT2D eigenvalue weighted by atomic mass is 10.1. The number of benzene rings is 2. The molecule has 0 aromatic heterocycles. The first-order chi connectivity index (χ1) is 14.5. The number of hydrogen-bond acceptors (Lipinski definition) is 4. The fraction of sp³-hybridized carbons (Fsp3) is 0.333. The van der Waals surface area contributed by atoms with Crippen LogP contribution in [-0.2, 0) is 16.0 Å². The molecule has 1 amide bonds. The fourth-order valence-corrected chi connectivity index (χ4v) is 2.78. The molecule has 6 heteroatoms. The quantitative estimate of drug-likeness (QED) is 0.406. The first-order valence-electron chi connectivity index (χ1n) is 10.2. The van der Waals surface area contributed by atoms with E-state index < -0.39 is 17.9 Å². The molecule has 0 fully saturated rings. The molecule has 0 aliphatic heterocycles. The normalized spacial score (nSPS) is 11.8. The van der Waals surface area contributed by atoms with Crippen molar-refractivity contribution in [2.24, 2.45) is 0 Å². The summed E-state index contributed by atoms with van der Waals surface area (Å²) in [5.74, 6) is -0.267. The fourth-order valence-electron chi connectivity index (χ4n) is 2.78. The molecule has 30 heavy (non-hydrogen) atoms. The third-order valence-corrected chi connectivity index (χ3v) is 4.35. The van der Waals surface area contributed by atoms with Gasteiger partial charge >= 0.3 is 5.97 Å². The summed E-state index contributed by atoms with van der Waals surface area (Å²) in [5.41, 5.74) is 1.60. The van der Waals surface area contributed by atoms with Crippen molar-refractivity contribution in [3.63, 3.8) is 0 Å². The van der Waals surface area contributed by atoms with Gasteiger partial charge in [-0.2, -0.15) is 0 Å². The smallest absolute Gasteiger partial charge is 0.326 e. The van der Waals surface area contributed by atoms with Gasteiger partial charge in [-0.15, -0.1) is 0 Å². The first kappa shape index (κ1) is 23.0. The van der Waals surface area contributed by atoms with E-state index in [1.807, 2.05) is 49.4 Å². The van der Waals surface area contributed by atoms with Gasteiger partial charge in [0, 0.05) is 12.5 Å². The van der Waals surface area contributed by atoms with Crippen LogP contribution in [0.1, 0.15) is 37.8 Å². The molecule has 160 valence electrons. The number of ether oxygens (including phenoxy) is 2. The van der Waals surface area contributed by atoms with Crippen LogP contribution in [0.15, 0.2) is 54.6 Å². The van der Waals surface area contributed by atoms with Crippen molar-refractivity contribution in [1.82, 2.24) is 5.32 Å². The Kier molecular flexibility index (Phi) is 9.45. The molecule has 0 aliphatic carbocycles. The maximum atomic E-state index is 12.3. The molecule has 2 rings (SSSR count). The molecule has 2 N–H and O–H groups in total. The van der Waals surface area contributed by atoms with Crippen molar-refractivity contribution in [2.75, 3.05) is 13.2 Å². The van der Waals surface area contributed by atoms with Crippen molar-refractivity contribution in [3.8, 4) is 11.5 Å². The third kappa shape index (κ3) is 7.62. The van der Waals surface area contributed by atoms with Gasteiger partial charge in [-0.05, 0) is 42.7 Å². The van der Waals surface area contributed by atoms with E-state index in [0.29, 0.717) is 24.7 Å². The van der Waals surface area contributed by atoms with Crippen LogP contribution in [0.4, 0.5) is 0 Å². The number of aliphatic carboxylic acids is 1. The summed E-state index contributed by atoms with van der Waals surface area (Å²) in [6.45, 7) is 5.11. The molecular formula is C24H29NO5. The Labute approximate surface area is 177 Å². The Balaban J connectivity index is 2.03. The lowest BCUT2D eigenvalue weighted by Gasteiger charge is -2.13. The number of carbonyl (C=O) groups is 2. The lowest BCUT2D eigenvalue weighted by molar-refractivity contribution is -0.141. The minimum absolute atomic E-state index is 0.216. The van der Waals surface area contributed by atoms with E-state index in [4.69, 9.17) is 9.47 Å². The Morgan fingerprint density at radius 3 is 2.50 bits per heavy atom. The lowest BCUT2D eigenvalue weighted by Crippen LogP contribution is -2.41. The molecule has 0 aliphatic rings. The number of unbranched alkanes of at least 4 members (excludes halogenated alkanes) is 1. The Morgan fingerprint density at radius 1 is 1.07 bits per heavy atom. The van der Waals surface area contributed by atoms with Crippen molar-refractivity contribution >= 4 is 18.0 Å². The van der Waals surface area contributed by atoms with Gasteiger partial charge in [-0.3, -0.25) is 4.79 Å². The number of carboxylic acid groups (broad SMARTS) is 1. The topological polar surface area (TPSA) is 84.9 Å². The van der Waals surface area contributed by atoms with Crippen LogP contribution in [0.25, 0.3) is 6.08 Å². The summed E-state index contributed by atoms with van der Waals surface area (Å²) in [5, 5.41) is 12.0. The zero-order valence-electron chi connectivity index (χ0n) is 17.5. The highest BCUT2D eigenvalue weighted by atomic mass is 16.5. The van der Waals surface area contributed by atoms with Gasteiger partial charge in [-0.25, -0.2) is 4.79 Å². The van der Waals surface area contributed by atoms with E-state index in [9.17, 15) is 14.7 Å². The van der Waals surface area contributed by atoms with Crippen LogP contribution in [0, 0.1) is 0 Å². The standard InChI is InChI=1S/C24H29NO5/c1-3-5-15-30-21-13-11-19(17-22(21)29-4-2)12-14-23(26)25-20(24(27)28)16-18-9-7-6-8-10-18/h6-14,17,20H,3-5,15-16H2,1-2H3,(H,25,26)(H,27,28)/b14-12+. The van der Waals surface area contributed by atoms with Crippen LogP contribution in [0.3, 0.4) is 0 Å². The average Bonchev–Trinajstić information content (AvgIpc) is 2.74. The SMILES string of the molecule is CCCCOc1ccc(/C=C/C(=O)NC(Cc2ccccc2)C(=O)O)cc1OCC. The van der Waals surface area contributed by atoms with E-state index in [2.05, 4.69) is 12.2 Å². The number of amides is 1. The largest absolute Gasteiger partial charge is 0.490 e. The van der Waals surface area contributed by atoms with E-state index in [0.717, 1.165) is 24.0 Å². The predicted molar refractivity (Wildman–Crippen MR) is 117 cm³/mol. The summed E-state index contributed by atoms with van der Waals surface area (Å²) < 4.78 is 11.4. The number of hydrogen-bond donors (Lipinski definition) is 2. The molecule has 0 saturated carbocycles. The van der Waals surface area contributed by atoms with Crippen molar-refractivity contribution in [2.45, 2.75) is 39.2 Å². The van der Waals surface area contributed by atoms with Crippen molar-refractivity contribution in [1.29, 1.82) is 0 Å². The van der Waals surface area contributed by atoms with Crippen LogP contribution in [0.2, 0.25) is 0 Å². The van der Waals surface area contributed by atoms with E-state index in [1.165, 1.54) is 6.08 Å². The maximum Gasteiger partial charge on any atom is 0.326 e. The minimum Gasteiger partial charge on any atom is -0.490 e. The zero-order valence-corrected chi connectivity index (χ0v) is 17.5. The van der Waals surface area contributed by atoms with Crippen LogP contribution >= 0.6 is 0 Å². The zero-order chi connectivity index (χ0) is 21.8. The Morgan fingerprint density at radius 2 is 1.83 bits per heavy atom. The predicted octanol–water partition coefficient (Wildman–Crippen LogP) is 4.09. The summed E-state index contributed by atoms with van der Waals surface area (Å²) in [4.78, 5) is 23.8. The second-order valence-electron chi connectivity index (χ2n) is 6.76. The average molecular weight is 411 g/mol. The summed E-state index contributed by atoms with van der Waals surface area (Å²) in [6, 6.07) is 13.6. The molecule has 0 radical (unpaired) electrons. The summed E-state index contributed by atoms with van der Waals surface area (Å²) >= 11 is 0. The van der Waals surface area contributed by atoms with Gasteiger partial charge in [0.15, 0.2) is 11.5 Å². The second kappa shape index (κ2) is 12.3. The van der Waals surface area contributed by atoms with Crippen LogP contribution < -0.4 is 14.8 Å². The first-order valence-corrected chi connectivity index (χ1v) is 10.2. The van der Waals surface area contributed by atoms with E-state index in [1.54, 1.807) is 12.1 Å². The monoisotopic (exact) mass is 411 g/mol. The number of rotatable bonds is 12. The number of nitrogens with one attached hydrogen (secondary N) is 1. The highest BCUT2D eigenvalue weighted by Crippen LogP contribution is 2.29. The van der Waals surface area contributed by atoms with Crippen molar-refractivity contribution in [3.05, 3.63) is 65.7 Å². The number of carboxylic acids is 1. The minimum atomic E-state index is -1.08. The van der Waals surface area contributed by atoms with E-state index >= 15 is 0 Å². The van der Waals surface area contributed by atoms with Gasteiger partial charge in [-0.1, -0.05) is 49.7 Å². The van der Waals surface area contributed by atoms with E-state index in [-0.39, 0.29) is 6.42 Å². The van der Waals surface area contributed by atoms with Gasteiger partial charge in [0.1, 0.15) is 6.04 Å². The molecule has 2 aromatic rings. The molecule has 2 aromatic carbocycles. The van der Waals surface area contributed by atoms with Gasteiger partial charge < -0.3 is 19.9 Å². The van der Waals surface area contributed by atoms with Crippen LogP contribution in [-0.4, -0.2) is 36.2 Å². The van der Waals surface area contributed by atoms with Gasteiger partial charge in [0.2, 0.25) is 5.91 Å². The summed E-state index contributed by atoms with van der Waals surface area (Å²) in [7, 11) is 0. The number of carbonyl (C=O) groups excluding carboxylic acids is 1. The second-order valence-corrected chi connectivity index (χ2v) is 6.76. The van der Waals surface area contributed by atoms with Crippen molar-refractivity contribution < 1.29 is 24.2 Å². The molecule has 0 heterocycles. The molecule has 6 nitrogen and oxygen atoms in total. The molecule has 1 unspecified atom stereocenters. The molecular weight excluding hydrogens is 382 g/mol. The third-order valence-electron chi connectivity index (χ3n) is 4.35. The maximum absolute atomic E-state index is 12.3. The molecule has 0 saturated heterocycles. The van der Waals surface area contributed by atoms with Crippen LogP contribution in [0.5, 0.6) is 11.5 Å². The van der Waals surface area contributed by atoms with Gasteiger partial charge in [0.05, 0.1) is 13.2 Å². The molecule has 0 spiro atoms. The Bertz CT molecular complexity index is 848. The highest BCUT2D eigenvalue weighted by Gasteiger charge is 2.19. The molecule has 0 bridgehead atoms.